The van der Waals surface area contributed by atoms with Gasteiger partial charge in [-0.2, -0.15) is 5.10 Å². The van der Waals surface area contributed by atoms with Gasteiger partial charge >= 0.3 is 5.97 Å². The Morgan fingerprint density at radius 1 is 1.25 bits per heavy atom. The van der Waals surface area contributed by atoms with Crippen molar-refractivity contribution in [3.63, 3.8) is 0 Å². The van der Waals surface area contributed by atoms with E-state index in [-0.39, 0.29) is 18.7 Å². The summed E-state index contributed by atoms with van der Waals surface area (Å²) in [7, 11) is 0. The molecule has 0 aliphatic heterocycles. The molecule has 7 nitrogen and oxygen atoms in total. The van der Waals surface area contributed by atoms with Crippen molar-refractivity contribution in [3.05, 3.63) is 36.9 Å². The number of nitrogens with one attached hydrogen (secondary N) is 1. The topological polar surface area (TPSA) is 97.1 Å². The number of carbonyl (C=O) groups is 2. The maximum Gasteiger partial charge on any atom is 0.303 e. The van der Waals surface area contributed by atoms with Crippen LogP contribution in [0, 0.1) is 0 Å². The van der Waals surface area contributed by atoms with Crippen molar-refractivity contribution in [2.75, 3.05) is 5.32 Å². The molecule has 1 aromatic heterocycles. The second-order valence-electron chi connectivity index (χ2n) is 4.15. The predicted octanol–water partition coefficient (Wildman–Crippen LogP) is 1.46. The zero-order valence-corrected chi connectivity index (χ0v) is 10.7. The van der Waals surface area contributed by atoms with Crippen LogP contribution in [-0.4, -0.2) is 31.7 Å². The molecule has 0 unspecified atom stereocenters. The van der Waals surface area contributed by atoms with Crippen LogP contribution in [-0.2, 0) is 9.59 Å². The highest BCUT2D eigenvalue weighted by atomic mass is 16.4. The molecule has 0 radical (unpaired) electrons. The normalized spacial score (nSPS) is 10.2. The SMILES string of the molecule is O=C(O)CCCC(=O)Nc1ccccc1-n1cncn1. The first-order valence-electron chi connectivity index (χ1n) is 6.12. The highest BCUT2D eigenvalue weighted by molar-refractivity contribution is 5.92. The van der Waals surface area contributed by atoms with Gasteiger partial charge in [-0.3, -0.25) is 9.59 Å². The number of carbonyl (C=O) groups excluding carboxylic acids is 1. The molecule has 0 aliphatic rings. The summed E-state index contributed by atoms with van der Waals surface area (Å²) >= 11 is 0. The summed E-state index contributed by atoms with van der Waals surface area (Å²) in [5.41, 5.74) is 1.31. The third-order valence-corrected chi connectivity index (χ3v) is 2.64. The van der Waals surface area contributed by atoms with Crippen LogP contribution in [0.15, 0.2) is 36.9 Å². The number of carboxylic acid groups (broad SMARTS) is 1. The van der Waals surface area contributed by atoms with E-state index in [1.165, 1.54) is 12.7 Å². The van der Waals surface area contributed by atoms with E-state index >= 15 is 0 Å². The monoisotopic (exact) mass is 274 g/mol. The average molecular weight is 274 g/mol. The van der Waals surface area contributed by atoms with Crippen molar-refractivity contribution in [1.82, 2.24) is 14.8 Å². The van der Waals surface area contributed by atoms with E-state index in [0.29, 0.717) is 17.8 Å². The van der Waals surface area contributed by atoms with Gasteiger partial charge in [-0.25, -0.2) is 9.67 Å². The molecule has 1 amide bonds. The molecule has 0 saturated carbocycles. The number of rotatable bonds is 6. The number of anilines is 1. The minimum absolute atomic E-state index is 0.0157. The van der Waals surface area contributed by atoms with Gasteiger partial charge in [0.15, 0.2) is 0 Å². The number of nitrogens with zero attached hydrogens (tertiary/aromatic N) is 3. The Balaban J connectivity index is 2.03. The van der Waals surface area contributed by atoms with Crippen LogP contribution in [0.4, 0.5) is 5.69 Å². The number of carboxylic acids is 1. The lowest BCUT2D eigenvalue weighted by atomic mass is 10.2. The van der Waals surface area contributed by atoms with Gasteiger partial charge in [0.1, 0.15) is 12.7 Å². The van der Waals surface area contributed by atoms with Gasteiger partial charge in [-0.15, -0.1) is 0 Å². The summed E-state index contributed by atoms with van der Waals surface area (Å²) in [6, 6.07) is 7.19. The van der Waals surface area contributed by atoms with Gasteiger partial charge in [-0.05, 0) is 18.6 Å². The average Bonchev–Trinajstić information content (AvgIpc) is 2.92. The van der Waals surface area contributed by atoms with E-state index < -0.39 is 5.97 Å². The molecule has 2 rings (SSSR count). The Kier molecular flexibility index (Phi) is 4.43. The van der Waals surface area contributed by atoms with Crippen molar-refractivity contribution in [3.8, 4) is 5.69 Å². The quantitative estimate of drug-likeness (QED) is 0.831. The van der Waals surface area contributed by atoms with Crippen LogP contribution < -0.4 is 5.32 Å². The Bertz CT molecular complexity index is 595. The number of benzene rings is 1. The molecular formula is C13H14N4O3. The third-order valence-electron chi connectivity index (χ3n) is 2.64. The smallest absolute Gasteiger partial charge is 0.303 e. The van der Waals surface area contributed by atoms with Crippen LogP contribution in [0.2, 0.25) is 0 Å². The van der Waals surface area contributed by atoms with Crippen molar-refractivity contribution < 1.29 is 14.7 Å². The summed E-state index contributed by atoms with van der Waals surface area (Å²) in [5.74, 6) is -1.13. The Morgan fingerprint density at radius 3 is 2.75 bits per heavy atom. The molecule has 104 valence electrons. The van der Waals surface area contributed by atoms with E-state index in [2.05, 4.69) is 15.4 Å². The van der Waals surface area contributed by atoms with Crippen LogP contribution >= 0.6 is 0 Å². The lowest BCUT2D eigenvalue weighted by molar-refractivity contribution is -0.137. The third kappa shape index (κ3) is 3.64. The predicted molar refractivity (Wildman–Crippen MR) is 71.5 cm³/mol. The summed E-state index contributed by atoms with van der Waals surface area (Å²) in [6.07, 6.45) is 3.41. The molecule has 2 aromatic rings. The first kappa shape index (κ1) is 13.7. The van der Waals surface area contributed by atoms with E-state index in [4.69, 9.17) is 5.11 Å². The largest absolute Gasteiger partial charge is 0.481 e. The van der Waals surface area contributed by atoms with Gasteiger partial charge < -0.3 is 10.4 Å². The molecule has 20 heavy (non-hydrogen) atoms. The number of aliphatic carboxylic acids is 1. The molecule has 7 heteroatoms. The van der Waals surface area contributed by atoms with Gasteiger partial charge in [0.25, 0.3) is 0 Å². The zero-order valence-electron chi connectivity index (χ0n) is 10.7. The number of amides is 1. The molecule has 0 saturated heterocycles. The second kappa shape index (κ2) is 6.46. The van der Waals surface area contributed by atoms with Crippen LogP contribution in [0.5, 0.6) is 0 Å². The van der Waals surface area contributed by atoms with Crippen molar-refractivity contribution >= 4 is 17.6 Å². The van der Waals surface area contributed by atoms with Crippen LogP contribution in [0.25, 0.3) is 5.69 Å². The first-order chi connectivity index (χ1) is 9.66. The van der Waals surface area contributed by atoms with Gasteiger partial charge in [0.2, 0.25) is 5.91 Å². The highest BCUT2D eigenvalue weighted by Gasteiger charge is 2.09. The molecule has 0 spiro atoms. The van der Waals surface area contributed by atoms with E-state index in [0.717, 1.165) is 0 Å². The van der Waals surface area contributed by atoms with Crippen molar-refractivity contribution in [2.45, 2.75) is 19.3 Å². The molecule has 1 aromatic carbocycles. The first-order valence-corrected chi connectivity index (χ1v) is 6.12. The molecule has 0 atom stereocenters. The lowest BCUT2D eigenvalue weighted by Gasteiger charge is -2.10. The summed E-state index contributed by atoms with van der Waals surface area (Å²) in [4.78, 5) is 26.0. The summed E-state index contributed by atoms with van der Waals surface area (Å²) in [5, 5.41) is 15.3. The summed E-state index contributed by atoms with van der Waals surface area (Å²) < 4.78 is 1.55. The number of hydrogen-bond donors (Lipinski definition) is 2. The fourth-order valence-electron chi connectivity index (χ4n) is 1.72. The molecule has 2 N–H and O–H groups in total. The van der Waals surface area contributed by atoms with Crippen molar-refractivity contribution in [2.24, 2.45) is 0 Å². The Labute approximate surface area is 115 Å². The number of aromatic nitrogens is 3. The minimum Gasteiger partial charge on any atom is -0.481 e. The maximum atomic E-state index is 11.8. The standard InChI is InChI=1S/C13H14N4O3/c18-12(6-3-7-13(19)20)16-10-4-1-2-5-11(10)17-9-14-8-15-17/h1-2,4-5,8-9H,3,6-7H2,(H,16,18)(H,19,20). The number of hydrogen-bond acceptors (Lipinski definition) is 4. The van der Waals surface area contributed by atoms with Crippen LogP contribution in [0.3, 0.4) is 0 Å². The van der Waals surface area contributed by atoms with E-state index in [1.54, 1.807) is 16.8 Å². The fourth-order valence-corrected chi connectivity index (χ4v) is 1.72. The fraction of sp³-hybridized carbons (Fsp3) is 0.231. The highest BCUT2D eigenvalue weighted by Crippen LogP contribution is 2.18. The van der Waals surface area contributed by atoms with Gasteiger partial charge in [0, 0.05) is 12.8 Å². The molecule has 0 bridgehead atoms. The molecular weight excluding hydrogens is 260 g/mol. The van der Waals surface area contributed by atoms with E-state index in [1.807, 2.05) is 12.1 Å². The minimum atomic E-state index is -0.902. The van der Waals surface area contributed by atoms with Gasteiger partial charge in [0.05, 0.1) is 11.4 Å². The second-order valence-corrected chi connectivity index (χ2v) is 4.15. The Morgan fingerprint density at radius 2 is 2.05 bits per heavy atom. The molecule has 0 fully saturated rings. The van der Waals surface area contributed by atoms with Gasteiger partial charge in [-0.1, -0.05) is 12.1 Å². The molecule has 0 aliphatic carbocycles. The number of para-hydroxylation sites is 2. The van der Waals surface area contributed by atoms with E-state index in [9.17, 15) is 9.59 Å². The molecule has 1 heterocycles. The zero-order chi connectivity index (χ0) is 14.4. The Hall–Kier alpha value is -2.70. The summed E-state index contributed by atoms with van der Waals surface area (Å²) in [6.45, 7) is 0. The van der Waals surface area contributed by atoms with Crippen molar-refractivity contribution in [1.29, 1.82) is 0 Å². The maximum absolute atomic E-state index is 11.8. The lowest BCUT2D eigenvalue weighted by Crippen LogP contribution is -2.14. The van der Waals surface area contributed by atoms with Crippen LogP contribution in [0.1, 0.15) is 19.3 Å².